The van der Waals surface area contributed by atoms with Crippen LogP contribution in [0.15, 0.2) is 24.3 Å². The van der Waals surface area contributed by atoms with Gasteiger partial charge in [0.2, 0.25) is 0 Å². The van der Waals surface area contributed by atoms with Crippen molar-refractivity contribution in [3.05, 3.63) is 35.4 Å². The maximum Gasteiger partial charge on any atom is 0.134 e. The molecule has 0 fully saturated rings. The van der Waals surface area contributed by atoms with Crippen LogP contribution in [0.3, 0.4) is 0 Å². The van der Waals surface area contributed by atoms with Gasteiger partial charge in [0.05, 0.1) is 6.07 Å². The van der Waals surface area contributed by atoms with Crippen molar-refractivity contribution in [1.82, 2.24) is 0 Å². The summed E-state index contributed by atoms with van der Waals surface area (Å²) < 4.78 is 0. The predicted molar refractivity (Wildman–Crippen MR) is 57.5 cm³/mol. The van der Waals surface area contributed by atoms with Crippen LogP contribution in [0.1, 0.15) is 11.1 Å². The SMILES string of the molecule is Cc1cccc(C[C@@H](C#N)SC#N)c1. The van der Waals surface area contributed by atoms with Crippen LogP contribution in [-0.2, 0) is 6.42 Å². The van der Waals surface area contributed by atoms with E-state index in [0.29, 0.717) is 6.42 Å². The van der Waals surface area contributed by atoms with Gasteiger partial charge in [-0.15, -0.1) is 0 Å². The van der Waals surface area contributed by atoms with Gasteiger partial charge < -0.3 is 0 Å². The van der Waals surface area contributed by atoms with E-state index in [4.69, 9.17) is 10.5 Å². The lowest BCUT2D eigenvalue weighted by molar-refractivity contribution is 1.03. The number of nitrogens with zero attached hydrogens (tertiary/aromatic N) is 2. The van der Waals surface area contributed by atoms with Gasteiger partial charge in [-0.05, 0) is 30.7 Å². The van der Waals surface area contributed by atoms with Crippen LogP contribution in [0.25, 0.3) is 0 Å². The molecule has 0 saturated carbocycles. The summed E-state index contributed by atoms with van der Waals surface area (Å²) in [5, 5.41) is 18.9. The molecule has 2 nitrogen and oxygen atoms in total. The third kappa shape index (κ3) is 3.12. The van der Waals surface area contributed by atoms with Gasteiger partial charge in [-0.1, -0.05) is 29.8 Å². The van der Waals surface area contributed by atoms with Gasteiger partial charge >= 0.3 is 0 Å². The average molecular weight is 202 g/mol. The molecule has 0 aliphatic heterocycles. The molecule has 0 aromatic heterocycles. The van der Waals surface area contributed by atoms with Crippen molar-refractivity contribution in [2.45, 2.75) is 18.6 Å². The average Bonchev–Trinajstić information content (AvgIpc) is 2.17. The highest BCUT2D eigenvalue weighted by atomic mass is 32.2. The van der Waals surface area contributed by atoms with Gasteiger partial charge in [0, 0.05) is 0 Å². The molecule has 14 heavy (non-hydrogen) atoms. The molecule has 3 heteroatoms. The Morgan fingerprint density at radius 1 is 1.43 bits per heavy atom. The Morgan fingerprint density at radius 2 is 2.21 bits per heavy atom. The van der Waals surface area contributed by atoms with E-state index in [-0.39, 0.29) is 5.25 Å². The minimum atomic E-state index is -0.262. The van der Waals surface area contributed by atoms with E-state index in [1.54, 1.807) is 0 Å². The van der Waals surface area contributed by atoms with Gasteiger partial charge in [0.1, 0.15) is 10.7 Å². The molecular formula is C11H10N2S. The molecule has 0 bridgehead atoms. The molecule has 0 saturated heterocycles. The van der Waals surface area contributed by atoms with Crippen LogP contribution in [0, 0.1) is 28.9 Å². The minimum Gasteiger partial charge on any atom is -0.197 e. The highest BCUT2D eigenvalue weighted by molar-refractivity contribution is 8.04. The molecule has 0 unspecified atom stereocenters. The summed E-state index contributed by atoms with van der Waals surface area (Å²) in [4.78, 5) is 0. The Labute approximate surface area is 88.2 Å². The summed E-state index contributed by atoms with van der Waals surface area (Å²) in [5.74, 6) is 0. The van der Waals surface area contributed by atoms with Crippen LogP contribution in [0.2, 0.25) is 0 Å². The largest absolute Gasteiger partial charge is 0.197 e. The first-order valence-corrected chi connectivity index (χ1v) is 5.14. The second kappa shape index (κ2) is 5.32. The summed E-state index contributed by atoms with van der Waals surface area (Å²) in [5.41, 5.74) is 2.29. The Hall–Kier alpha value is -1.45. The first kappa shape index (κ1) is 10.6. The summed E-state index contributed by atoms with van der Waals surface area (Å²) in [6.07, 6.45) is 0.635. The quantitative estimate of drug-likeness (QED) is 0.708. The van der Waals surface area contributed by atoms with E-state index in [0.717, 1.165) is 17.3 Å². The van der Waals surface area contributed by atoms with E-state index in [1.165, 1.54) is 5.56 Å². The van der Waals surface area contributed by atoms with Crippen molar-refractivity contribution < 1.29 is 0 Å². The van der Waals surface area contributed by atoms with Gasteiger partial charge in [0.25, 0.3) is 0 Å². The zero-order valence-electron chi connectivity index (χ0n) is 7.90. The molecule has 0 spiro atoms. The fraction of sp³-hybridized carbons (Fsp3) is 0.273. The first-order chi connectivity index (χ1) is 6.76. The molecule has 1 aromatic rings. The second-order valence-electron chi connectivity index (χ2n) is 3.02. The van der Waals surface area contributed by atoms with Crippen molar-refractivity contribution in [1.29, 1.82) is 10.5 Å². The molecule has 70 valence electrons. The molecule has 0 heterocycles. The number of thioether (sulfide) groups is 1. The lowest BCUT2D eigenvalue weighted by Gasteiger charge is -2.04. The minimum absolute atomic E-state index is 0.262. The molecule has 1 rings (SSSR count). The number of benzene rings is 1. The van der Waals surface area contributed by atoms with Crippen LogP contribution in [0.4, 0.5) is 0 Å². The lowest BCUT2D eigenvalue weighted by Crippen LogP contribution is -2.02. The summed E-state index contributed by atoms with van der Waals surface area (Å²) in [6.45, 7) is 2.02. The Bertz CT molecular complexity index is 387. The second-order valence-corrected chi connectivity index (χ2v) is 4.01. The van der Waals surface area contributed by atoms with Crippen molar-refractivity contribution in [3.63, 3.8) is 0 Å². The Morgan fingerprint density at radius 3 is 2.79 bits per heavy atom. The monoisotopic (exact) mass is 202 g/mol. The molecule has 0 aliphatic carbocycles. The fourth-order valence-electron chi connectivity index (χ4n) is 1.23. The van der Waals surface area contributed by atoms with E-state index < -0.39 is 0 Å². The standard InChI is InChI=1S/C11H10N2S/c1-9-3-2-4-10(5-9)6-11(7-12)14-8-13/h2-5,11H,6H2,1H3/t11-/m0/s1. The van der Waals surface area contributed by atoms with E-state index in [9.17, 15) is 0 Å². The first-order valence-electron chi connectivity index (χ1n) is 4.26. The summed E-state index contributed by atoms with van der Waals surface area (Å²) in [6, 6.07) is 10.1. The Balaban J connectivity index is 2.69. The maximum absolute atomic E-state index is 8.77. The number of aryl methyl sites for hydroxylation is 1. The summed E-state index contributed by atoms with van der Waals surface area (Å²) in [7, 11) is 0. The number of thiocyanates is 1. The molecule has 1 aromatic carbocycles. The number of nitriles is 2. The Kier molecular flexibility index (Phi) is 4.04. The van der Waals surface area contributed by atoms with Crippen molar-refractivity contribution in [2.75, 3.05) is 0 Å². The van der Waals surface area contributed by atoms with Gasteiger partial charge in [-0.25, -0.2) is 0 Å². The molecule has 0 N–H and O–H groups in total. The highest BCUT2D eigenvalue weighted by Gasteiger charge is 2.08. The van der Waals surface area contributed by atoms with E-state index >= 15 is 0 Å². The van der Waals surface area contributed by atoms with Gasteiger partial charge in [-0.2, -0.15) is 10.5 Å². The van der Waals surface area contributed by atoms with Crippen LogP contribution in [0.5, 0.6) is 0 Å². The van der Waals surface area contributed by atoms with Crippen LogP contribution in [-0.4, -0.2) is 5.25 Å². The zero-order chi connectivity index (χ0) is 10.4. The van der Waals surface area contributed by atoms with Crippen LogP contribution >= 0.6 is 11.8 Å². The zero-order valence-corrected chi connectivity index (χ0v) is 8.71. The third-order valence-corrected chi connectivity index (χ3v) is 2.50. The molecule has 0 amide bonds. The van der Waals surface area contributed by atoms with Crippen molar-refractivity contribution in [3.8, 4) is 11.5 Å². The van der Waals surface area contributed by atoms with Crippen LogP contribution < -0.4 is 0 Å². The molecule has 1 atom stereocenters. The maximum atomic E-state index is 8.77. The molecule has 0 radical (unpaired) electrons. The topological polar surface area (TPSA) is 47.6 Å². The molecule has 0 aliphatic rings. The normalized spacial score (nSPS) is 11.4. The third-order valence-electron chi connectivity index (χ3n) is 1.84. The van der Waals surface area contributed by atoms with E-state index in [1.807, 2.05) is 36.6 Å². The number of hydrogen-bond acceptors (Lipinski definition) is 3. The van der Waals surface area contributed by atoms with Gasteiger partial charge in [-0.3, -0.25) is 0 Å². The highest BCUT2D eigenvalue weighted by Crippen LogP contribution is 2.15. The number of rotatable bonds is 3. The van der Waals surface area contributed by atoms with Gasteiger partial charge in [0.15, 0.2) is 0 Å². The summed E-state index contributed by atoms with van der Waals surface area (Å²) >= 11 is 1.02. The fourth-order valence-corrected chi connectivity index (χ4v) is 1.69. The number of hydrogen-bond donors (Lipinski definition) is 0. The van der Waals surface area contributed by atoms with E-state index in [2.05, 4.69) is 6.07 Å². The smallest absolute Gasteiger partial charge is 0.134 e. The lowest BCUT2D eigenvalue weighted by atomic mass is 10.1. The van der Waals surface area contributed by atoms with Crippen molar-refractivity contribution >= 4 is 11.8 Å². The van der Waals surface area contributed by atoms with Crippen molar-refractivity contribution in [2.24, 2.45) is 0 Å². The molecular weight excluding hydrogens is 192 g/mol. The predicted octanol–water partition coefficient (Wildman–Crippen LogP) is 2.64.